The molecule has 25 heavy (non-hydrogen) atoms. The summed E-state index contributed by atoms with van der Waals surface area (Å²) < 4.78 is 4.98. The SMILES string of the molecule is CCCCCCCCCCCCC[n+]1ccn(C(C)C)c1CCCC. The van der Waals surface area contributed by atoms with Gasteiger partial charge in [-0.15, -0.1) is 0 Å². The molecule has 0 aromatic carbocycles. The first-order valence-electron chi connectivity index (χ1n) is 11.3. The number of hydrogen-bond donors (Lipinski definition) is 0. The molecule has 0 saturated heterocycles. The Morgan fingerprint density at radius 2 is 1.28 bits per heavy atom. The molecule has 1 aromatic rings. The molecule has 1 rings (SSSR count). The highest BCUT2D eigenvalue weighted by atomic mass is 15.2. The summed E-state index contributed by atoms with van der Waals surface area (Å²) in [6.07, 6.45) is 24.0. The number of unbranched alkanes of at least 4 members (excludes halogenated alkanes) is 11. The smallest absolute Gasteiger partial charge is 0.234 e. The molecule has 0 unspecified atom stereocenters. The average Bonchev–Trinajstić information content (AvgIpc) is 3.01. The molecule has 0 spiro atoms. The third-order valence-electron chi connectivity index (χ3n) is 5.35. The molecule has 2 nitrogen and oxygen atoms in total. The second-order valence-electron chi connectivity index (χ2n) is 8.05. The Morgan fingerprint density at radius 3 is 1.80 bits per heavy atom. The molecule has 1 heterocycles. The van der Waals surface area contributed by atoms with Crippen LogP contribution >= 0.6 is 0 Å². The normalized spacial score (nSPS) is 11.6. The van der Waals surface area contributed by atoms with Gasteiger partial charge in [-0.05, 0) is 33.1 Å². The fourth-order valence-electron chi connectivity index (χ4n) is 3.70. The van der Waals surface area contributed by atoms with E-state index in [1.807, 2.05) is 0 Å². The lowest BCUT2D eigenvalue weighted by atomic mass is 10.1. The topological polar surface area (TPSA) is 8.81 Å². The van der Waals surface area contributed by atoms with Crippen LogP contribution in [0.3, 0.4) is 0 Å². The van der Waals surface area contributed by atoms with Crippen molar-refractivity contribution in [3.8, 4) is 0 Å². The van der Waals surface area contributed by atoms with Crippen LogP contribution in [-0.4, -0.2) is 4.57 Å². The van der Waals surface area contributed by atoms with Crippen LogP contribution in [0.15, 0.2) is 12.4 Å². The molecular weight excluding hydrogens is 304 g/mol. The summed E-state index contributed by atoms with van der Waals surface area (Å²) in [6.45, 7) is 10.4. The summed E-state index contributed by atoms with van der Waals surface area (Å²) in [5, 5.41) is 0. The molecule has 0 aliphatic carbocycles. The summed E-state index contributed by atoms with van der Waals surface area (Å²) in [6, 6.07) is 0.574. The minimum Gasteiger partial charge on any atom is -0.234 e. The van der Waals surface area contributed by atoms with Crippen molar-refractivity contribution in [3.05, 3.63) is 18.2 Å². The van der Waals surface area contributed by atoms with E-state index in [1.54, 1.807) is 0 Å². The maximum Gasteiger partial charge on any atom is 0.256 e. The van der Waals surface area contributed by atoms with Crippen molar-refractivity contribution < 1.29 is 4.57 Å². The molecule has 0 saturated carbocycles. The summed E-state index contributed by atoms with van der Waals surface area (Å²) in [7, 11) is 0. The van der Waals surface area contributed by atoms with E-state index in [0.29, 0.717) is 6.04 Å². The van der Waals surface area contributed by atoms with Gasteiger partial charge in [-0.2, -0.15) is 0 Å². The minimum absolute atomic E-state index is 0.574. The monoisotopic (exact) mass is 349 g/mol. The first-order valence-corrected chi connectivity index (χ1v) is 11.3. The van der Waals surface area contributed by atoms with Gasteiger partial charge in [0.15, 0.2) is 0 Å². The van der Waals surface area contributed by atoms with Gasteiger partial charge in [0.25, 0.3) is 5.82 Å². The number of hydrogen-bond acceptors (Lipinski definition) is 0. The molecule has 0 atom stereocenters. The highest BCUT2D eigenvalue weighted by Crippen LogP contribution is 2.12. The second-order valence-corrected chi connectivity index (χ2v) is 8.05. The van der Waals surface area contributed by atoms with Gasteiger partial charge in [0, 0.05) is 6.42 Å². The lowest BCUT2D eigenvalue weighted by molar-refractivity contribution is -0.704. The number of aromatic nitrogens is 2. The Kier molecular flexibility index (Phi) is 12.8. The number of rotatable bonds is 16. The van der Waals surface area contributed by atoms with E-state index in [1.165, 1.54) is 102 Å². The Morgan fingerprint density at radius 1 is 0.760 bits per heavy atom. The quantitative estimate of drug-likeness (QED) is 0.224. The lowest BCUT2D eigenvalue weighted by Crippen LogP contribution is -2.37. The number of aryl methyl sites for hydroxylation is 1. The van der Waals surface area contributed by atoms with Crippen LogP contribution in [0.1, 0.15) is 123 Å². The molecule has 0 N–H and O–H groups in total. The standard InChI is InChI=1S/C23H45N2/c1-5-7-9-10-11-12-13-14-15-16-17-19-24-20-21-25(22(3)4)23(24)18-8-6-2/h20-22H,5-19H2,1-4H3/q+1. The predicted molar refractivity (Wildman–Crippen MR) is 110 cm³/mol. The van der Waals surface area contributed by atoms with Crippen LogP contribution in [0.5, 0.6) is 0 Å². The summed E-state index contributed by atoms with van der Waals surface area (Å²) in [4.78, 5) is 0. The van der Waals surface area contributed by atoms with E-state index in [-0.39, 0.29) is 0 Å². The molecule has 2 heteroatoms. The van der Waals surface area contributed by atoms with Crippen molar-refractivity contribution in [2.45, 2.75) is 130 Å². The van der Waals surface area contributed by atoms with Gasteiger partial charge in [0.05, 0.1) is 12.6 Å². The predicted octanol–water partition coefficient (Wildman–Crippen LogP) is 7.01. The largest absolute Gasteiger partial charge is 0.256 e. The van der Waals surface area contributed by atoms with Crippen LogP contribution in [0.25, 0.3) is 0 Å². The minimum atomic E-state index is 0.574. The third kappa shape index (κ3) is 9.47. The molecular formula is C23H45N2+. The van der Waals surface area contributed by atoms with Crippen molar-refractivity contribution in [1.29, 1.82) is 0 Å². The van der Waals surface area contributed by atoms with Gasteiger partial charge in [-0.3, -0.25) is 0 Å². The van der Waals surface area contributed by atoms with Crippen molar-refractivity contribution in [3.63, 3.8) is 0 Å². The van der Waals surface area contributed by atoms with E-state index in [0.717, 1.165) is 0 Å². The van der Waals surface area contributed by atoms with Gasteiger partial charge in [0.1, 0.15) is 12.4 Å². The zero-order chi connectivity index (χ0) is 18.3. The molecule has 0 bridgehead atoms. The summed E-state index contributed by atoms with van der Waals surface area (Å²) >= 11 is 0. The lowest BCUT2D eigenvalue weighted by Gasteiger charge is -2.07. The van der Waals surface area contributed by atoms with E-state index in [4.69, 9.17) is 0 Å². The van der Waals surface area contributed by atoms with E-state index < -0.39 is 0 Å². The Balaban J connectivity index is 2.15. The molecule has 0 aliphatic heterocycles. The first-order chi connectivity index (χ1) is 12.2. The van der Waals surface area contributed by atoms with Crippen molar-refractivity contribution in [2.75, 3.05) is 0 Å². The highest BCUT2D eigenvalue weighted by Gasteiger charge is 2.18. The van der Waals surface area contributed by atoms with Crippen LogP contribution < -0.4 is 4.57 Å². The van der Waals surface area contributed by atoms with Crippen molar-refractivity contribution in [2.24, 2.45) is 0 Å². The molecule has 0 radical (unpaired) electrons. The fraction of sp³-hybridized carbons (Fsp3) is 0.870. The molecule has 1 aromatic heterocycles. The van der Waals surface area contributed by atoms with Gasteiger partial charge >= 0.3 is 0 Å². The molecule has 0 aliphatic rings. The van der Waals surface area contributed by atoms with Gasteiger partial charge < -0.3 is 0 Å². The van der Waals surface area contributed by atoms with Crippen molar-refractivity contribution in [1.82, 2.24) is 4.57 Å². The van der Waals surface area contributed by atoms with Gasteiger partial charge in [-0.25, -0.2) is 9.13 Å². The van der Waals surface area contributed by atoms with E-state index in [9.17, 15) is 0 Å². The summed E-state index contributed by atoms with van der Waals surface area (Å²) in [5.74, 6) is 1.53. The number of imidazole rings is 1. The number of nitrogens with zero attached hydrogens (tertiary/aromatic N) is 2. The first kappa shape index (κ1) is 22.3. The second kappa shape index (κ2) is 14.4. The average molecular weight is 350 g/mol. The molecule has 0 fully saturated rings. The van der Waals surface area contributed by atoms with Crippen LogP contribution in [0.2, 0.25) is 0 Å². The van der Waals surface area contributed by atoms with Gasteiger partial charge in [-0.1, -0.05) is 78.1 Å². The van der Waals surface area contributed by atoms with Crippen LogP contribution in [0, 0.1) is 0 Å². The Labute approximate surface area is 158 Å². The van der Waals surface area contributed by atoms with Crippen LogP contribution in [0.4, 0.5) is 0 Å². The van der Waals surface area contributed by atoms with E-state index in [2.05, 4.69) is 49.2 Å². The van der Waals surface area contributed by atoms with Crippen LogP contribution in [-0.2, 0) is 13.0 Å². The van der Waals surface area contributed by atoms with Gasteiger partial charge in [0.2, 0.25) is 0 Å². The fourth-order valence-corrected chi connectivity index (χ4v) is 3.70. The maximum absolute atomic E-state index is 2.52. The highest BCUT2D eigenvalue weighted by molar-refractivity contribution is 4.86. The van der Waals surface area contributed by atoms with E-state index >= 15 is 0 Å². The maximum atomic E-state index is 2.52. The van der Waals surface area contributed by atoms with Crippen molar-refractivity contribution >= 4 is 0 Å². The Hall–Kier alpha value is -0.790. The molecule has 0 amide bonds. The third-order valence-corrected chi connectivity index (χ3v) is 5.35. The molecule has 146 valence electrons. The zero-order valence-electron chi connectivity index (χ0n) is 17.7. The Bertz CT molecular complexity index is 420. The zero-order valence-corrected chi connectivity index (χ0v) is 17.7. The summed E-state index contributed by atoms with van der Waals surface area (Å²) in [5.41, 5.74) is 0.